The van der Waals surface area contributed by atoms with Gasteiger partial charge in [0.1, 0.15) is 0 Å². The zero-order valence-corrected chi connectivity index (χ0v) is 9.16. The summed E-state index contributed by atoms with van der Waals surface area (Å²) < 4.78 is 0. The van der Waals surface area contributed by atoms with E-state index >= 15 is 0 Å². The van der Waals surface area contributed by atoms with Crippen molar-refractivity contribution in [1.29, 1.82) is 0 Å². The fourth-order valence-electron chi connectivity index (χ4n) is 1.87. The van der Waals surface area contributed by atoms with Crippen molar-refractivity contribution in [3.05, 3.63) is 29.3 Å². The molecule has 0 heterocycles. The Bertz CT molecular complexity index is 300. The van der Waals surface area contributed by atoms with Gasteiger partial charge in [-0.15, -0.1) is 11.8 Å². The van der Waals surface area contributed by atoms with Crippen LogP contribution in [0.25, 0.3) is 0 Å². The molecule has 1 fully saturated rings. The summed E-state index contributed by atoms with van der Waals surface area (Å²) in [6.07, 6.45) is 6.38. The minimum Gasteiger partial charge on any atom is -0.130 e. The summed E-state index contributed by atoms with van der Waals surface area (Å²) in [6.45, 7) is 2.20. The van der Waals surface area contributed by atoms with Crippen LogP contribution in [0.4, 0.5) is 0 Å². The third kappa shape index (κ3) is 1.91. The van der Waals surface area contributed by atoms with Crippen molar-refractivity contribution in [3.8, 4) is 0 Å². The van der Waals surface area contributed by atoms with Gasteiger partial charge in [-0.05, 0) is 55.2 Å². The Morgan fingerprint density at radius 3 is 2.54 bits per heavy atom. The summed E-state index contributed by atoms with van der Waals surface area (Å²) in [6, 6.07) is 6.98. The van der Waals surface area contributed by atoms with Crippen molar-refractivity contribution in [3.63, 3.8) is 0 Å². The van der Waals surface area contributed by atoms with Crippen LogP contribution in [0.15, 0.2) is 23.1 Å². The average Bonchev–Trinajstić information content (AvgIpc) is 2.00. The lowest BCUT2D eigenvalue weighted by atomic mass is 9.80. The topological polar surface area (TPSA) is 0 Å². The summed E-state index contributed by atoms with van der Waals surface area (Å²) >= 11 is 1.85. The van der Waals surface area contributed by atoms with Gasteiger partial charge >= 0.3 is 0 Å². The van der Waals surface area contributed by atoms with Gasteiger partial charge in [0, 0.05) is 4.90 Å². The monoisotopic (exact) mass is 192 g/mol. The molecule has 0 unspecified atom stereocenters. The molecule has 1 aliphatic carbocycles. The first-order valence-corrected chi connectivity index (χ1v) is 6.17. The Balaban J connectivity index is 2.28. The van der Waals surface area contributed by atoms with Gasteiger partial charge < -0.3 is 0 Å². The van der Waals surface area contributed by atoms with Crippen LogP contribution in [-0.2, 0) is 0 Å². The lowest BCUT2D eigenvalue weighted by Gasteiger charge is -2.26. The first-order chi connectivity index (χ1) is 6.29. The predicted octanol–water partition coefficient (Wildman–Crippen LogP) is 3.98. The van der Waals surface area contributed by atoms with E-state index in [2.05, 4.69) is 31.4 Å². The number of rotatable bonds is 2. The third-order valence-electron chi connectivity index (χ3n) is 2.89. The molecule has 1 aromatic carbocycles. The number of thioether (sulfide) groups is 1. The van der Waals surface area contributed by atoms with Crippen LogP contribution in [0.1, 0.15) is 36.3 Å². The van der Waals surface area contributed by atoms with E-state index in [0.717, 1.165) is 5.92 Å². The third-order valence-corrected chi connectivity index (χ3v) is 3.59. The lowest BCUT2D eigenvalue weighted by molar-refractivity contribution is 0.419. The largest absolute Gasteiger partial charge is 0.130 e. The van der Waals surface area contributed by atoms with Gasteiger partial charge in [0.15, 0.2) is 0 Å². The normalized spacial score (nSPS) is 17.1. The molecule has 0 aromatic heterocycles. The van der Waals surface area contributed by atoms with Gasteiger partial charge in [-0.25, -0.2) is 0 Å². The highest BCUT2D eigenvalue weighted by Crippen LogP contribution is 2.37. The minimum atomic E-state index is 0.866. The predicted molar refractivity (Wildman–Crippen MR) is 59.6 cm³/mol. The molecule has 13 heavy (non-hydrogen) atoms. The molecule has 0 spiro atoms. The van der Waals surface area contributed by atoms with E-state index in [-0.39, 0.29) is 0 Å². The minimum absolute atomic E-state index is 0.866. The van der Waals surface area contributed by atoms with Gasteiger partial charge in [0.2, 0.25) is 0 Å². The Morgan fingerprint density at radius 1 is 1.23 bits per heavy atom. The van der Waals surface area contributed by atoms with Gasteiger partial charge in [-0.2, -0.15) is 0 Å². The molecule has 2 rings (SSSR count). The Hall–Kier alpha value is -0.430. The van der Waals surface area contributed by atoms with Gasteiger partial charge in [0.25, 0.3) is 0 Å². The van der Waals surface area contributed by atoms with E-state index in [0.29, 0.717) is 0 Å². The highest BCUT2D eigenvalue weighted by Gasteiger charge is 2.19. The molecule has 1 heteroatoms. The lowest BCUT2D eigenvalue weighted by Crippen LogP contribution is -2.08. The molecule has 0 saturated heterocycles. The second kappa shape index (κ2) is 3.75. The molecule has 1 aromatic rings. The Labute approximate surface area is 84.7 Å². The Morgan fingerprint density at radius 2 is 2.00 bits per heavy atom. The van der Waals surface area contributed by atoms with Crippen molar-refractivity contribution in [2.75, 3.05) is 6.26 Å². The van der Waals surface area contributed by atoms with Crippen LogP contribution in [0.2, 0.25) is 0 Å². The molecule has 1 aliphatic rings. The van der Waals surface area contributed by atoms with Gasteiger partial charge in [-0.3, -0.25) is 0 Å². The number of hydrogen-bond donors (Lipinski definition) is 0. The molecule has 70 valence electrons. The molecule has 0 amide bonds. The number of aryl methyl sites for hydroxylation is 1. The van der Waals surface area contributed by atoms with Gasteiger partial charge in [0.05, 0.1) is 0 Å². The van der Waals surface area contributed by atoms with E-state index in [4.69, 9.17) is 0 Å². The summed E-state index contributed by atoms with van der Waals surface area (Å²) in [7, 11) is 0. The van der Waals surface area contributed by atoms with E-state index in [1.165, 1.54) is 29.7 Å². The molecule has 0 N–H and O–H groups in total. The maximum absolute atomic E-state index is 2.36. The molecule has 0 nitrogen and oxygen atoms in total. The summed E-state index contributed by atoms with van der Waals surface area (Å²) in [5, 5.41) is 0. The van der Waals surface area contributed by atoms with Crippen LogP contribution in [0.3, 0.4) is 0 Å². The number of benzene rings is 1. The summed E-state index contributed by atoms with van der Waals surface area (Å²) in [5.74, 6) is 0.866. The highest BCUT2D eigenvalue weighted by atomic mass is 32.2. The molecule has 0 aliphatic heterocycles. The van der Waals surface area contributed by atoms with Crippen molar-refractivity contribution in [2.45, 2.75) is 37.0 Å². The van der Waals surface area contributed by atoms with Crippen LogP contribution < -0.4 is 0 Å². The number of hydrogen-bond acceptors (Lipinski definition) is 1. The van der Waals surface area contributed by atoms with E-state index in [1.807, 2.05) is 11.8 Å². The van der Waals surface area contributed by atoms with Crippen molar-refractivity contribution in [1.82, 2.24) is 0 Å². The van der Waals surface area contributed by atoms with Crippen molar-refractivity contribution >= 4 is 11.8 Å². The van der Waals surface area contributed by atoms with Gasteiger partial charge in [-0.1, -0.05) is 12.5 Å². The fourth-order valence-corrected chi connectivity index (χ4v) is 2.43. The molecule has 0 atom stereocenters. The van der Waals surface area contributed by atoms with Crippen LogP contribution in [0, 0.1) is 6.92 Å². The van der Waals surface area contributed by atoms with E-state index < -0.39 is 0 Å². The van der Waals surface area contributed by atoms with E-state index in [9.17, 15) is 0 Å². The Kier molecular flexibility index (Phi) is 2.63. The van der Waals surface area contributed by atoms with Crippen LogP contribution >= 0.6 is 11.8 Å². The first-order valence-electron chi connectivity index (χ1n) is 4.95. The molecular weight excluding hydrogens is 176 g/mol. The molecule has 0 bridgehead atoms. The second-order valence-electron chi connectivity index (χ2n) is 3.91. The fraction of sp³-hybridized carbons (Fsp3) is 0.500. The molecular formula is C12H16S. The van der Waals surface area contributed by atoms with Crippen molar-refractivity contribution < 1.29 is 0 Å². The second-order valence-corrected chi connectivity index (χ2v) is 4.79. The highest BCUT2D eigenvalue weighted by molar-refractivity contribution is 7.98. The standard InChI is InChI=1S/C12H16S/c1-9-6-11(10-4-3-5-10)8-12(7-9)13-2/h6-8,10H,3-5H2,1-2H3. The zero-order chi connectivity index (χ0) is 9.26. The van der Waals surface area contributed by atoms with E-state index in [1.54, 1.807) is 5.56 Å². The first kappa shape index (κ1) is 9.14. The van der Waals surface area contributed by atoms with Crippen LogP contribution in [-0.4, -0.2) is 6.26 Å². The zero-order valence-electron chi connectivity index (χ0n) is 8.34. The molecule has 0 radical (unpaired) electrons. The summed E-state index contributed by atoms with van der Waals surface area (Å²) in [4.78, 5) is 1.42. The maximum Gasteiger partial charge on any atom is 0.00746 e. The maximum atomic E-state index is 2.36. The van der Waals surface area contributed by atoms with Crippen LogP contribution in [0.5, 0.6) is 0 Å². The SMILES string of the molecule is CSc1cc(C)cc(C2CCC2)c1. The quantitative estimate of drug-likeness (QED) is 0.639. The van der Waals surface area contributed by atoms with Crippen molar-refractivity contribution in [2.24, 2.45) is 0 Å². The molecule has 1 saturated carbocycles. The summed E-state index contributed by atoms with van der Waals surface area (Å²) in [5.41, 5.74) is 2.98. The smallest absolute Gasteiger partial charge is 0.00746 e. The average molecular weight is 192 g/mol.